The lowest BCUT2D eigenvalue weighted by Gasteiger charge is -2.29. The fraction of sp³-hybridized carbons (Fsp3) is 0.600. The van der Waals surface area contributed by atoms with Gasteiger partial charge < -0.3 is 5.11 Å². The summed E-state index contributed by atoms with van der Waals surface area (Å²) < 4.78 is 0. The summed E-state index contributed by atoms with van der Waals surface area (Å²) in [5.74, 6) is 0.227. The van der Waals surface area contributed by atoms with Gasteiger partial charge in [-0.1, -0.05) is 60.9 Å². The van der Waals surface area contributed by atoms with Crippen LogP contribution in [0.3, 0.4) is 0 Å². The fourth-order valence-electron chi connectivity index (χ4n) is 2.51. The Bertz CT molecular complexity index is 448. The number of rotatable bonds is 1. The Labute approximate surface area is 131 Å². The van der Waals surface area contributed by atoms with E-state index in [4.69, 9.17) is 0 Å². The largest absolute Gasteiger partial charge is 0.386 e. The van der Waals surface area contributed by atoms with Crippen LogP contribution < -0.4 is 0 Å². The second kappa shape index (κ2) is 8.38. The highest BCUT2D eigenvalue weighted by Crippen LogP contribution is 2.26. The molecule has 0 aromatic carbocycles. The van der Waals surface area contributed by atoms with E-state index < -0.39 is 5.60 Å². The molecule has 0 aliphatic heterocycles. The molecule has 0 spiro atoms. The Morgan fingerprint density at radius 1 is 1.00 bits per heavy atom. The van der Waals surface area contributed by atoms with Crippen LogP contribution in [0, 0.1) is 5.92 Å². The van der Waals surface area contributed by atoms with E-state index in [2.05, 4.69) is 58.9 Å². The summed E-state index contributed by atoms with van der Waals surface area (Å²) in [6.07, 6.45) is 15.9. The van der Waals surface area contributed by atoms with Crippen LogP contribution >= 0.6 is 0 Å². The first-order valence-electron chi connectivity index (χ1n) is 8.23. The smallest absolute Gasteiger partial charge is 0.0856 e. The second-order valence-corrected chi connectivity index (χ2v) is 6.81. The van der Waals surface area contributed by atoms with E-state index in [0.717, 1.165) is 32.1 Å². The highest BCUT2D eigenvalue weighted by molar-refractivity contribution is 5.21. The van der Waals surface area contributed by atoms with Gasteiger partial charge in [-0.3, -0.25) is 0 Å². The van der Waals surface area contributed by atoms with Crippen molar-refractivity contribution in [2.75, 3.05) is 0 Å². The van der Waals surface area contributed by atoms with Crippen LogP contribution in [0.2, 0.25) is 0 Å². The summed E-state index contributed by atoms with van der Waals surface area (Å²) in [6, 6.07) is 0. The third-order valence-electron chi connectivity index (χ3n) is 4.45. The molecule has 1 rings (SSSR count). The summed E-state index contributed by atoms with van der Waals surface area (Å²) in [4.78, 5) is 0. The summed E-state index contributed by atoms with van der Waals surface area (Å²) >= 11 is 0. The minimum absolute atomic E-state index is 0.227. The maximum Gasteiger partial charge on any atom is 0.0856 e. The van der Waals surface area contributed by atoms with Crippen LogP contribution in [-0.2, 0) is 0 Å². The van der Waals surface area contributed by atoms with E-state index in [1.807, 2.05) is 6.08 Å². The summed E-state index contributed by atoms with van der Waals surface area (Å²) in [7, 11) is 0. The Kier molecular flexibility index (Phi) is 7.17. The zero-order valence-electron chi connectivity index (χ0n) is 14.4. The van der Waals surface area contributed by atoms with Crippen molar-refractivity contribution in [1.29, 1.82) is 0 Å². The third-order valence-corrected chi connectivity index (χ3v) is 4.45. The molecule has 0 amide bonds. The molecule has 0 saturated carbocycles. The molecule has 0 radical (unpaired) electrons. The van der Waals surface area contributed by atoms with E-state index >= 15 is 0 Å². The molecule has 118 valence electrons. The van der Waals surface area contributed by atoms with Crippen molar-refractivity contribution in [2.24, 2.45) is 5.92 Å². The monoisotopic (exact) mass is 288 g/mol. The van der Waals surface area contributed by atoms with Gasteiger partial charge in [-0.2, -0.15) is 0 Å². The summed E-state index contributed by atoms with van der Waals surface area (Å²) in [6.45, 7) is 10.7. The third kappa shape index (κ3) is 6.48. The molecule has 0 fully saturated rings. The van der Waals surface area contributed by atoms with E-state index in [1.165, 1.54) is 16.7 Å². The molecule has 0 unspecified atom stereocenters. The first-order valence-corrected chi connectivity index (χ1v) is 8.23. The summed E-state index contributed by atoms with van der Waals surface area (Å²) in [5.41, 5.74) is 3.40. The normalized spacial score (nSPS) is 34.9. The minimum Gasteiger partial charge on any atom is -0.386 e. The van der Waals surface area contributed by atoms with Gasteiger partial charge in [0.25, 0.3) is 0 Å². The van der Waals surface area contributed by atoms with Gasteiger partial charge in [-0.25, -0.2) is 0 Å². The molecule has 1 aliphatic rings. The zero-order chi connectivity index (χ0) is 15.9. The molecule has 1 atom stereocenters. The molecule has 1 heteroatoms. The first-order chi connectivity index (χ1) is 9.83. The highest BCUT2D eigenvalue weighted by atomic mass is 16.3. The van der Waals surface area contributed by atoms with Crippen molar-refractivity contribution < 1.29 is 5.11 Å². The van der Waals surface area contributed by atoms with E-state index in [0.29, 0.717) is 0 Å². The van der Waals surface area contributed by atoms with Gasteiger partial charge in [-0.05, 0) is 58.8 Å². The van der Waals surface area contributed by atoms with Crippen LogP contribution in [-0.4, -0.2) is 10.7 Å². The lowest BCUT2D eigenvalue weighted by atomic mass is 9.84. The lowest BCUT2D eigenvalue weighted by Crippen LogP contribution is -2.32. The Morgan fingerprint density at radius 3 is 2.38 bits per heavy atom. The molecule has 0 aromatic heterocycles. The van der Waals surface area contributed by atoms with Gasteiger partial charge in [0.15, 0.2) is 0 Å². The van der Waals surface area contributed by atoms with E-state index in [1.54, 1.807) is 0 Å². The van der Waals surface area contributed by atoms with Crippen LogP contribution in [0.25, 0.3) is 0 Å². The summed E-state index contributed by atoms with van der Waals surface area (Å²) in [5, 5.41) is 10.8. The first kappa shape index (κ1) is 18.0. The predicted molar refractivity (Wildman–Crippen MR) is 93.3 cm³/mol. The number of hydrogen-bond acceptors (Lipinski definition) is 1. The molecule has 0 aromatic rings. The van der Waals surface area contributed by atoms with Gasteiger partial charge >= 0.3 is 0 Å². The SMILES string of the molecule is CC1=C/CC/C(C)=C\C/C(C)=C\CC[C@](O)(C(C)C)\C=C\1. The van der Waals surface area contributed by atoms with Gasteiger partial charge in [0.05, 0.1) is 5.60 Å². The van der Waals surface area contributed by atoms with Gasteiger partial charge in [0.1, 0.15) is 0 Å². The van der Waals surface area contributed by atoms with Crippen molar-refractivity contribution >= 4 is 0 Å². The van der Waals surface area contributed by atoms with E-state index in [-0.39, 0.29) is 5.92 Å². The number of hydrogen-bond donors (Lipinski definition) is 1. The predicted octanol–water partition coefficient (Wildman–Crippen LogP) is 5.73. The van der Waals surface area contributed by atoms with Crippen molar-refractivity contribution in [3.8, 4) is 0 Å². The molecule has 21 heavy (non-hydrogen) atoms. The van der Waals surface area contributed by atoms with Crippen LogP contribution in [0.4, 0.5) is 0 Å². The quantitative estimate of drug-likeness (QED) is 0.611. The van der Waals surface area contributed by atoms with Crippen molar-refractivity contribution in [2.45, 2.75) is 72.3 Å². The van der Waals surface area contributed by atoms with Gasteiger partial charge in [-0.15, -0.1) is 0 Å². The molecule has 1 aliphatic carbocycles. The molecule has 1 N–H and O–H groups in total. The number of aliphatic hydroxyl groups is 1. The van der Waals surface area contributed by atoms with Crippen molar-refractivity contribution in [1.82, 2.24) is 0 Å². The average Bonchev–Trinajstić information content (AvgIpc) is 2.42. The highest BCUT2D eigenvalue weighted by Gasteiger charge is 2.26. The second-order valence-electron chi connectivity index (χ2n) is 6.81. The van der Waals surface area contributed by atoms with Crippen molar-refractivity contribution in [3.63, 3.8) is 0 Å². The molecular formula is C20H32O. The van der Waals surface area contributed by atoms with Crippen molar-refractivity contribution in [3.05, 3.63) is 47.1 Å². The molecule has 0 saturated heterocycles. The Morgan fingerprint density at radius 2 is 1.71 bits per heavy atom. The average molecular weight is 288 g/mol. The maximum absolute atomic E-state index is 10.8. The van der Waals surface area contributed by atoms with Crippen LogP contribution in [0.1, 0.15) is 66.7 Å². The molecule has 0 bridgehead atoms. The standard InChI is InChI=1S/C20H32O/c1-16(2)20(21)14-7-10-18(4)12-11-17(3)8-6-9-19(5)13-15-20/h9-11,13,15-16,21H,6-8,12,14H2,1-5H3/b15-13+,17-11-,18-10-,19-9-/t20-/m1/s1. The maximum atomic E-state index is 10.8. The lowest BCUT2D eigenvalue weighted by molar-refractivity contribution is 0.0356. The van der Waals surface area contributed by atoms with Crippen LogP contribution in [0.5, 0.6) is 0 Å². The van der Waals surface area contributed by atoms with Gasteiger partial charge in [0, 0.05) is 0 Å². The zero-order valence-corrected chi connectivity index (χ0v) is 14.4. The Balaban J connectivity index is 2.96. The molecule has 0 heterocycles. The fourth-order valence-corrected chi connectivity index (χ4v) is 2.51. The molecule has 1 nitrogen and oxygen atoms in total. The Hall–Kier alpha value is -1.08. The molecular weight excluding hydrogens is 256 g/mol. The number of allylic oxidation sites excluding steroid dienone is 7. The van der Waals surface area contributed by atoms with Crippen LogP contribution in [0.15, 0.2) is 47.1 Å². The minimum atomic E-state index is -0.707. The topological polar surface area (TPSA) is 20.2 Å². The van der Waals surface area contributed by atoms with Gasteiger partial charge in [0.2, 0.25) is 0 Å². The van der Waals surface area contributed by atoms with E-state index in [9.17, 15) is 5.11 Å².